The molecule has 0 spiro atoms. The number of hydrogen-bond acceptors (Lipinski definition) is 7. The first kappa shape index (κ1) is 18.8. The zero-order valence-electron chi connectivity index (χ0n) is 16.6. The van der Waals surface area contributed by atoms with Gasteiger partial charge in [-0.1, -0.05) is 6.07 Å². The van der Waals surface area contributed by atoms with Crippen LogP contribution in [0, 0.1) is 0 Å². The molecule has 154 valence electrons. The largest absolute Gasteiger partial charge is 0.378 e. The van der Waals surface area contributed by atoms with E-state index in [9.17, 15) is 4.79 Å². The molecular formula is C22H24N6O2. The number of pyridine rings is 1. The number of hydrogen-bond donors (Lipinski definition) is 3. The average molecular weight is 404 g/mol. The third-order valence-corrected chi connectivity index (χ3v) is 5.42. The molecule has 30 heavy (non-hydrogen) atoms. The predicted molar refractivity (Wildman–Crippen MR) is 116 cm³/mol. The number of anilines is 3. The van der Waals surface area contributed by atoms with Gasteiger partial charge in [0.05, 0.1) is 18.9 Å². The van der Waals surface area contributed by atoms with E-state index in [-0.39, 0.29) is 5.56 Å². The third-order valence-electron chi connectivity index (χ3n) is 5.42. The second kappa shape index (κ2) is 8.25. The summed E-state index contributed by atoms with van der Waals surface area (Å²) in [6, 6.07) is 13.0. The summed E-state index contributed by atoms with van der Waals surface area (Å²) in [4.78, 5) is 26.4. The number of benzene rings is 1. The maximum atomic E-state index is 11.5. The predicted octanol–water partition coefficient (Wildman–Crippen LogP) is 2.06. The topological polar surface area (TPSA) is 95.2 Å². The fraction of sp³-hybridized carbons (Fsp3) is 0.318. The van der Waals surface area contributed by atoms with Gasteiger partial charge in [-0.2, -0.15) is 0 Å². The number of fused-ring (bicyclic) bond motifs is 1. The molecule has 2 aliphatic heterocycles. The molecule has 0 unspecified atom stereocenters. The smallest absolute Gasteiger partial charge is 0.249 e. The number of morpholine rings is 1. The first-order valence-electron chi connectivity index (χ1n) is 10.3. The van der Waals surface area contributed by atoms with Crippen LogP contribution in [0.5, 0.6) is 0 Å². The first-order valence-corrected chi connectivity index (χ1v) is 10.3. The Bertz CT molecular complexity index is 1090. The van der Waals surface area contributed by atoms with Crippen molar-refractivity contribution in [3.8, 4) is 11.4 Å². The van der Waals surface area contributed by atoms with Gasteiger partial charge in [0.15, 0.2) is 5.82 Å². The molecule has 4 heterocycles. The number of rotatable bonds is 4. The summed E-state index contributed by atoms with van der Waals surface area (Å²) in [6.45, 7) is 4.89. The van der Waals surface area contributed by atoms with Gasteiger partial charge in [-0.15, -0.1) is 0 Å². The number of ether oxygens (including phenoxy) is 1. The molecule has 2 aliphatic rings. The Morgan fingerprint density at radius 1 is 1.03 bits per heavy atom. The number of nitrogens with zero attached hydrogens (tertiary/aromatic N) is 3. The van der Waals surface area contributed by atoms with Crippen LogP contribution in [-0.2, 0) is 17.7 Å². The van der Waals surface area contributed by atoms with Crippen molar-refractivity contribution in [1.29, 1.82) is 0 Å². The summed E-state index contributed by atoms with van der Waals surface area (Å²) in [5, 5.41) is 6.63. The molecule has 0 saturated carbocycles. The van der Waals surface area contributed by atoms with Crippen molar-refractivity contribution in [2.45, 2.75) is 13.0 Å². The molecule has 0 atom stereocenters. The summed E-state index contributed by atoms with van der Waals surface area (Å²) in [6.07, 6.45) is 0.945. The Morgan fingerprint density at radius 2 is 1.87 bits per heavy atom. The molecule has 1 aromatic carbocycles. The zero-order chi connectivity index (χ0) is 20.3. The van der Waals surface area contributed by atoms with Crippen molar-refractivity contribution in [2.24, 2.45) is 0 Å². The van der Waals surface area contributed by atoms with Crippen LogP contribution in [-0.4, -0.2) is 47.8 Å². The van der Waals surface area contributed by atoms with Gasteiger partial charge in [0, 0.05) is 42.5 Å². The van der Waals surface area contributed by atoms with Crippen molar-refractivity contribution in [3.63, 3.8) is 0 Å². The van der Waals surface area contributed by atoms with Crippen LogP contribution in [0.25, 0.3) is 11.4 Å². The Morgan fingerprint density at radius 3 is 2.67 bits per heavy atom. The van der Waals surface area contributed by atoms with E-state index in [1.165, 1.54) is 11.6 Å². The lowest BCUT2D eigenvalue weighted by Gasteiger charge is -2.31. The number of nitrogens with one attached hydrogen (secondary N) is 3. The number of aromatic amines is 1. The standard InChI is InChI=1S/C22H24N6O2/c29-20-3-1-2-19(26-20)24-16-6-4-15(5-7-16)21-25-18-14-23-9-8-17(18)22(27-21)28-10-12-30-13-11-28/h1-7,23H,8-14H2,(H2,24,26,29). The quantitative estimate of drug-likeness (QED) is 0.613. The van der Waals surface area contributed by atoms with Crippen LogP contribution in [0.1, 0.15) is 11.3 Å². The van der Waals surface area contributed by atoms with E-state index >= 15 is 0 Å². The minimum atomic E-state index is -0.136. The van der Waals surface area contributed by atoms with Gasteiger partial charge in [-0.25, -0.2) is 9.97 Å². The second-order valence-electron chi connectivity index (χ2n) is 7.45. The van der Waals surface area contributed by atoms with Gasteiger partial charge in [-0.3, -0.25) is 4.79 Å². The van der Waals surface area contributed by atoms with Crippen LogP contribution in [0.3, 0.4) is 0 Å². The highest BCUT2D eigenvalue weighted by Gasteiger charge is 2.23. The van der Waals surface area contributed by atoms with E-state index in [2.05, 4.69) is 20.5 Å². The first-order chi connectivity index (χ1) is 14.8. The maximum absolute atomic E-state index is 11.5. The van der Waals surface area contributed by atoms with Gasteiger partial charge in [0.25, 0.3) is 0 Å². The van der Waals surface area contributed by atoms with Crippen LogP contribution >= 0.6 is 0 Å². The second-order valence-corrected chi connectivity index (χ2v) is 7.45. The fourth-order valence-corrected chi connectivity index (χ4v) is 3.88. The van der Waals surface area contributed by atoms with E-state index in [1.54, 1.807) is 6.07 Å². The van der Waals surface area contributed by atoms with Gasteiger partial charge in [0.1, 0.15) is 11.6 Å². The molecule has 3 aromatic rings. The molecular weight excluding hydrogens is 380 g/mol. The molecule has 1 fully saturated rings. The summed E-state index contributed by atoms with van der Waals surface area (Å²) in [7, 11) is 0. The minimum Gasteiger partial charge on any atom is -0.378 e. The summed E-state index contributed by atoms with van der Waals surface area (Å²) < 4.78 is 5.52. The van der Waals surface area contributed by atoms with E-state index in [4.69, 9.17) is 14.7 Å². The van der Waals surface area contributed by atoms with Gasteiger partial charge in [-0.05, 0) is 43.3 Å². The molecule has 0 aliphatic carbocycles. The van der Waals surface area contributed by atoms with Gasteiger partial charge < -0.3 is 25.3 Å². The van der Waals surface area contributed by atoms with Crippen molar-refractivity contribution in [1.82, 2.24) is 20.3 Å². The maximum Gasteiger partial charge on any atom is 0.249 e. The van der Waals surface area contributed by atoms with Gasteiger partial charge >= 0.3 is 0 Å². The molecule has 8 heteroatoms. The highest BCUT2D eigenvalue weighted by atomic mass is 16.5. The lowest BCUT2D eigenvalue weighted by atomic mass is 10.1. The number of aromatic nitrogens is 3. The van der Waals surface area contributed by atoms with Crippen LogP contribution in [0.2, 0.25) is 0 Å². The molecule has 8 nitrogen and oxygen atoms in total. The summed E-state index contributed by atoms with van der Waals surface area (Å²) in [5.74, 6) is 2.43. The Kier molecular flexibility index (Phi) is 5.17. The molecule has 0 bridgehead atoms. The normalized spacial score (nSPS) is 16.2. The monoisotopic (exact) mass is 404 g/mol. The molecule has 0 amide bonds. The van der Waals surface area contributed by atoms with Crippen LogP contribution in [0.4, 0.5) is 17.3 Å². The molecule has 2 aromatic heterocycles. The fourth-order valence-electron chi connectivity index (χ4n) is 3.88. The molecule has 3 N–H and O–H groups in total. The molecule has 1 saturated heterocycles. The van der Waals surface area contributed by atoms with E-state index in [1.807, 2.05) is 30.3 Å². The van der Waals surface area contributed by atoms with E-state index in [0.29, 0.717) is 5.82 Å². The highest BCUT2D eigenvalue weighted by Crippen LogP contribution is 2.29. The van der Waals surface area contributed by atoms with Crippen LogP contribution in [0.15, 0.2) is 47.3 Å². The zero-order valence-corrected chi connectivity index (χ0v) is 16.6. The molecule has 0 radical (unpaired) electrons. The number of H-pyrrole nitrogens is 1. The summed E-state index contributed by atoms with van der Waals surface area (Å²) >= 11 is 0. The lowest BCUT2D eigenvalue weighted by molar-refractivity contribution is 0.122. The van der Waals surface area contributed by atoms with Crippen molar-refractivity contribution in [2.75, 3.05) is 43.1 Å². The third kappa shape index (κ3) is 3.92. The van der Waals surface area contributed by atoms with Crippen LogP contribution < -0.4 is 21.1 Å². The summed E-state index contributed by atoms with van der Waals surface area (Å²) in [5.41, 5.74) is 4.05. The Hall–Kier alpha value is -3.23. The van der Waals surface area contributed by atoms with E-state index in [0.717, 1.165) is 74.4 Å². The van der Waals surface area contributed by atoms with E-state index < -0.39 is 0 Å². The van der Waals surface area contributed by atoms with Crippen molar-refractivity contribution in [3.05, 3.63) is 64.1 Å². The lowest BCUT2D eigenvalue weighted by Crippen LogP contribution is -2.39. The average Bonchev–Trinajstić information content (AvgIpc) is 2.79. The highest BCUT2D eigenvalue weighted by molar-refractivity contribution is 5.65. The molecule has 5 rings (SSSR count). The van der Waals surface area contributed by atoms with Crippen molar-refractivity contribution >= 4 is 17.3 Å². The Balaban J connectivity index is 1.45. The van der Waals surface area contributed by atoms with Crippen molar-refractivity contribution < 1.29 is 4.74 Å². The minimum absolute atomic E-state index is 0.136. The Labute approximate surface area is 174 Å². The van der Waals surface area contributed by atoms with Gasteiger partial charge in [0.2, 0.25) is 5.56 Å². The SMILES string of the molecule is O=c1cccc(Nc2ccc(-c3nc4c(c(N5CCOCC5)n3)CCNC4)cc2)[nH]1.